The molecule has 0 saturated heterocycles. The van der Waals surface area contributed by atoms with E-state index < -0.39 is 36.0 Å². The molecule has 3 nitrogen and oxygen atoms in total. The van der Waals surface area contributed by atoms with Gasteiger partial charge in [-0.2, -0.15) is 0 Å². The second kappa shape index (κ2) is 4.85. The molecule has 15 heavy (non-hydrogen) atoms. The van der Waals surface area contributed by atoms with Crippen molar-refractivity contribution in [2.45, 2.75) is 12.2 Å². The van der Waals surface area contributed by atoms with Gasteiger partial charge in [-0.05, 0) is 12.1 Å². The Labute approximate surface area is 89.5 Å². The van der Waals surface area contributed by atoms with Crippen LogP contribution in [-0.4, -0.2) is 28.0 Å². The SMILES string of the molecule is OCC(O)C(O)c1c(F)ccc(Cl)c1F. The van der Waals surface area contributed by atoms with E-state index in [0.717, 1.165) is 12.1 Å². The molecule has 0 radical (unpaired) electrons. The van der Waals surface area contributed by atoms with Crippen LogP contribution in [0.5, 0.6) is 0 Å². The van der Waals surface area contributed by atoms with E-state index in [4.69, 9.17) is 21.8 Å². The summed E-state index contributed by atoms with van der Waals surface area (Å²) in [6, 6.07) is 1.86. The number of hydrogen-bond donors (Lipinski definition) is 3. The van der Waals surface area contributed by atoms with Crippen LogP contribution < -0.4 is 0 Å². The summed E-state index contributed by atoms with van der Waals surface area (Å²) in [5.74, 6) is -2.17. The van der Waals surface area contributed by atoms with Crippen LogP contribution in [0.3, 0.4) is 0 Å². The Kier molecular flexibility index (Phi) is 3.98. The Morgan fingerprint density at radius 3 is 2.40 bits per heavy atom. The number of hydrogen-bond acceptors (Lipinski definition) is 3. The first kappa shape index (κ1) is 12.3. The Morgan fingerprint density at radius 2 is 1.87 bits per heavy atom. The monoisotopic (exact) mass is 238 g/mol. The van der Waals surface area contributed by atoms with Crippen molar-refractivity contribution in [3.05, 3.63) is 34.4 Å². The molecular weight excluding hydrogens is 230 g/mol. The Bertz CT molecular complexity index is 359. The first-order valence-electron chi connectivity index (χ1n) is 4.09. The Morgan fingerprint density at radius 1 is 1.27 bits per heavy atom. The fourth-order valence-electron chi connectivity index (χ4n) is 1.11. The molecule has 0 saturated carbocycles. The molecule has 0 aromatic heterocycles. The molecule has 0 bridgehead atoms. The van der Waals surface area contributed by atoms with Crippen molar-refractivity contribution in [3.8, 4) is 0 Å². The number of aliphatic hydroxyl groups is 3. The summed E-state index contributed by atoms with van der Waals surface area (Å²) < 4.78 is 26.4. The normalized spacial score (nSPS) is 15.1. The lowest BCUT2D eigenvalue weighted by Gasteiger charge is -2.17. The topological polar surface area (TPSA) is 60.7 Å². The maximum absolute atomic E-state index is 13.3. The smallest absolute Gasteiger partial charge is 0.150 e. The number of benzene rings is 1. The number of halogens is 3. The molecule has 1 aromatic carbocycles. The van der Waals surface area contributed by atoms with Gasteiger partial charge in [-0.25, -0.2) is 8.78 Å². The van der Waals surface area contributed by atoms with E-state index in [-0.39, 0.29) is 5.02 Å². The van der Waals surface area contributed by atoms with Gasteiger partial charge < -0.3 is 15.3 Å². The molecule has 0 aliphatic rings. The molecule has 2 atom stereocenters. The van der Waals surface area contributed by atoms with E-state index in [2.05, 4.69) is 0 Å². The molecular formula is C9H9ClF2O3. The van der Waals surface area contributed by atoms with Crippen molar-refractivity contribution in [3.63, 3.8) is 0 Å². The Hall–Kier alpha value is -0.750. The van der Waals surface area contributed by atoms with Crippen LogP contribution >= 0.6 is 11.6 Å². The van der Waals surface area contributed by atoms with Crippen LogP contribution in [0.1, 0.15) is 11.7 Å². The first-order chi connectivity index (χ1) is 6.99. The highest BCUT2D eigenvalue weighted by atomic mass is 35.5. The lowest BCUT2D eigenvalue weighted by Crippen LogP contribution is -2.24. The highest BCUT2D eigenvalue weighted by molar-refractivity contribution is 6.30. The highest BCUT2D eigenvalue weighted by Gasteiger charge is 2.25. The van der Waals surface area contributed by atoms with Crippen LogP contribution in [-0.2, 0) is 0 Å². The average Bonchev–Trinajstić information content (AvgIpc) is 2.22. The summed E-state index contributed by atoms with van der Waals surface area (Å²) in [6.45, 7) is -0.813. The van der Waals surface area contributed by atoms with E-state index in [0.29, 0.717) is 0 Å². The second-order valence-electron chi connectivity index (χ2n) is 2.95. The van der Waals surface area contributed by atoms with Gasteiger partial charge in [-0.1, -0.05) is 11.6 Å². The van der Waals surface area contributed by atoms with Crippen molar-refractivity contribution >= 4 is 11.6 Å². The van der Waals surface area contributed by atoms with Gasteiger partial charge in [0.25, 0.3) is 0 Å². The second-order valence-corrected chi connectivity index (χ2v) is 3.36. The van der Waals surface area contributed by atoms with E-state index >= 15 is 0 Å². The lowest BCUT2D eigenvalue weighted by molar-refractivity contribution is -0.0185. The standard InChI is InChI=1S/C9H9ClF2O3/c10-4-1-2-5(11)7(8(4)12)9(15)6(14)3-13/h1-2,6,9,13-15H,3H2. The summed E-state index contributed by atoms with van der Waals surface area (Å²) in [6.07, 6.45) is -3.51. The van der Waals surface area contributed by atoms with Crippen molar-refractivity contribution < 1.29 is 24.1 Å². The summed E-state index contributed by atoms with van der Waals surface area (Å²) in [5, 5.41) is 26.5. The van der Waals surface area contributed by atoms with E-state index in [9.17, 15) is 13.9 Å². The van der Waals surface area contributed by atoms with Crippen LogP contribution in [0, 0.1) is 11.6 Å². The number of aliphatic hydroxyl groups excluding tert-OH is 3. The molecule has 3 N–H and O–H groups in total. The zero-order valence-corrected chi connectivity index (χ0v) is 8.25. The van der Waals surface area contributed by atoms with Crippen LogP contribution in [0.4, 0.5) is 8.78 Å². The molecule has 2 unspecified atom stereocenters. The van der Waals surface area contributed by atoms with Gasteiger partial charge in [0.1, 0.15) is 18.0 Å². The van der Waals surface area contributed by atoms with Crippen LogP contribution in [0.2, 0.25) is 5.02 Å². The molecule has 0 aliphatic carbocycles. The molecule has 1 rings (SSSR count). The average molecular weight is 239 g/mol. The molecule has 0 heterocycles. The fourth-order valence-corrected chi connectivity index (χ4v) is 1.27. The third kappa shape index (κ3) is 2.43. The third-order valence-corrected chi connectivity index (χ3v) is 2.22. The van der Waals surface area contributed by atoms with E-state index in [1.807, 2.05) is 0 Å². The molecule has 0 aliphatic heterocycles. The quantitative estimate of drug-likeness (QED) is 0.689. The van der Waals surface area contributed by atoms with Crippen molar-refractivity contribution in [2.75, 3.05) is 6.61 Å². The largest absolute Gasteiger partial charge is 0.394 e. The minimum atomic E-state index is -1.85. The molecule has 0 fully saturated rings. The van der Waals surface area contributed by atoms with Crippen LogP contribution in [0.25, 0.3) is 0 Å². The van der Waals surface area contributed by atoms with Gasteiger partial charge in [0, 0.05) is 0 Å². The van der Waals surface area contributed by atoms with E-state index in [1.165, 1.54) is 0 Å². The van der Waals surface area contributed by atoms with Crippen LogP contribution in [0.15, 0.2) is 12.1 Å². The predicted octanol–water partition coefficient (Wildman–Crippen LogP) is 1.00. The molecule has 0 spiro atoms. The van der Waals surface area contributed by atoms with Gasteiger partial charge in [0.05, 0.1) is 17.2 Å². The van der Waals surface area contributed by atoms with Crippen molar-refractivity contribution in [1.82, 2.24) is 0 Å². The summed E-state index contributed by atoms with van der Waals surface area (Å²) >= 11 is 5.38. The summed E-state index contributed by atoms with van der Waals surface area (Å²) in [7, 11) is 0. The lowest BCUT2D eigenvalue weighted by atomic mass is 10.0. The maximum Gasteiger partial charge on any atom is 0.150 e. The molecule has 0 amide bonds. The third-order valence-electron chi connectivity index (χ3n) is 1.93. The minimum Gasteiger partial charge on any atom is -0.394 e. The predicted molar refractivity (Wildman–Crippen MR) is 49.4 cm³/mol. The zero-order valence-electron chi connectivity index (χ0n) is 7.49. The number of rotatable bonds is 3. The van der Waals surface area contributed by atoms with Crippen molar-refractivity contribution in [2.24, 2.45) is 0 Å². The molecule has 84 valence electrons. The Balaban J connectivity index is 3.18. The summed E-state index contributed by atoms with van der Waals surface area (Å²) in [4.78, 5) is 0. The molecule has 6 heteroatoms. The van der Waals surface area contributed by atoms with E-state index in [1.54, 1.807) is 0 Å². The van der Waals surface area contributed by atoms with Gasteiger partial charge in [0.15, 0.2) is 5.82 Å². The maximum atomic E-state index is 13.3. The summed E-state index contributed by atoms with van der Waals surface area (Å²) in [5.41, 5.74) is -0.746. The van der Waals surface area contributed by atoms with Gasteiger partial charge in [-0.15, -0.1) is 0 Å². The van der Waals surface area contributed by atoms with Gasteiger partial charge in [0.2, 0.25) is 0 Å². The zero-order chi connectivity index (χ0) is 11.6. The highest BCUT2D eigenvalue weighted by Crippen LogP contribution is 2.28. The van der Waals surface area contributed by atoms with Gasteiger partial charge in [-0.3, -0.25) is 0 Å². The fraction of sp³-hybridized carbons (Fsp3) is 0.333. The first-order valence-corrected chi connectivity index (χ1v) is 4.47. The van der Waals surface area contributed by atoms with Gasteiger partial charge >= 0.3 is 0 Å². The molecule has 1 aromatic rings. The van der Waals surface area contributed by atoms with Crippen molar-refractivity contribution in [1.29, 1.82) is 0 Å². The minimum absolute atomic E-state index is 0.365.